The fourth-order valence-corrected chi connectivity index (χ4v) is 7.51. The van der Waals surface area contributed by atoms with Gasteiger partial charge < -0.3 is 63.6 Å². The topological polar surface area (TPSA) is 211 Å². The normalized spacial score (nSPS) is 44.2. The van der Waals surface area contributed by atoms with Crippen LogP contribution < -0.4 is 0 Å². The number of aliphatic hydroxyl groups is 5. The largest absolute Gasteiger partial charge is 0.462 e. The Kier molecular flexibility index (Phi) is 17.6. The number of likely N-dealkylation sites (N-methyl/N-ethyl adjacent to an activating group) is 1. The molecule has 2 fully saturated rings. The van der Waals surface area contributed by atoms with Crippen LogP contribution in [-0.2, 0) is 42.8 Å². The number of ether oxygens (including phenoxy) is 6. The van der Waals surface area contributed by atoms with Crippen molar-refractivity contribution in [1.29, 1.82) is 0 Å². The van der Waals surface area contributed by atoms with Crippen molar-refractivity contribution in [2.75, 3.05) is 27.8 Å². The molecule has 3 heterocycles. The van der Waals surface area contributed by atoms with E-state index in [0.717, 1.165) is 0 Å². The number of aldehydes is 1. The van der Waals surface area contributed by atoms with Gasteiger partial charge in [-0.05, 0) is 59.7 Å². The van der Waals surface area contributed by atoms with Gasteiger partial charge in [-0.15, -0.1) is 0 Å². The molecule has 0 spiro atoms. The monoisotopic (exact) mass is 757 g/mol. The van der Waals surface area contributed by atoms with Gasteiger partial charge in [-0.3, -0.25) is 9.59 Å². The third-order valence-corrected chi connectivity index (χ3v) is 10.9. The number of carbonyl (C=O) groups excluding carboxylic acids is 3. The number of esters is 1. The molecule has 3 rings (SSSR count). The van der Waals surface area contributed by atoms with E-state index in [0.29, 0.717) is 18.3 Å². The van der Waals surface area contributed by atoms with E-state index in [1.54, 1.807) is 59.7 Å². The lowest BCUT2D eigenvalue weighted by atomic mass is 9.79. The Balaban J connectivity index is 1.96. The minimum atomic E-state index is -1.33. The Morgan fingerprint density at radius 3 is 2.15 bits per heavy atom. The molecule has 17 atom stereocenters. The first-order valence-corrected chi connectivity index (χ1v) is 18.7. The Hall–Kier alpha value is -2.15. The van der Waals surface area contributed by atoms with Gasteiger partial charge in [-0.2, -0.15) is 0 Å². The van der Waals surface area contributed by atoms with E-state index in [1.165, 1.54) is 13.2 Å². The Morgan fingerprint density at radius 1 is 0.906 bits per heavy atom. The maximum absolute atomic E-state index is 13.5. The second kappa shape index (κ2) is 20.7. The lowest BCUT2D eigenvalue weighted by Crippen LogP contribution is -2.63. The van der Waals surface area contributed by atoms with Crippen LogP contribution in [0.4, 0.5) is 0 Å². The van der Waals surface area contributed by atoms with E-state index in [2.05, 4.69) is 0 Å². The summed E-state index contributed by atoms with van der Waals surface area (Å²) in [5.41, 5.74) is 0.673. The smallest absolute Gasteiger partial charge is 0.308 e. The minimum absolute atomic E-state index is 0.0342. The first-order valence-electron chi connectivity index (χ1n) is 18.7. The molecule has 15 nitrogen and oxygen atoms in total. The summed E-state index contributed by atoms with van der Waals surface area (Å²) in [5.74, 6) is -3.48. The summed E-state index contributed by atoms with van der Waals surface area (Å²) in [5, 5.41) is 54.4. The molecule has 5 N–H and O–H groups in total. The Bertz CT molecular complexity index is 1250. The quantitative estimate of drug-likeness (QED) is 0.155. The molecule has 0 unspecified atom stereocenters. The van der Waals surface area contributed by atoms with Crippen LogP contribution in [0.25, 0.3) is 0 Å². The van der Waals surface area contributed by atoms with Gasteiger partial charge in [-0.1, -0.05) is 38.5 Å². The van der Waals surface area contributed by atoms with E-state index in [-0.39, 0.29) is 25.2 Å². The molecule has 0 aromatic rings. The molecule has 304 valence electrons. The highest BCUT2D eigenvalue weighted by atomic mass is 16.7. The number of nitrogens with zero attached hydrogens (tertiary/aromatic N) is 1. The zero-order valence-electron chi connectivity index (χ0n) is 32.5. The molecule has 0 radical (unpaired) electrons. The van der Waals surface area contributed by atoms with Crippen LogP contribution in [0.3, 0.4) is 0 Å². The molecule has 53 heavy (non-hydrogen) atoms. The number of rotatable bonds is 10. The van der Waals surface area contributed by atoms with Gasteiger partial charge in [0.15, 0.2) is 18.4 Å². The molecule has 0 bridgehead atoms. The lowest BCUT2D eigenvalue weighted by Gasteiger charge is -2.46. The maximum Gasteiger partial charge on any atom is 0.308 e. The highest BCUT2D eigenvalue weighted by Gasteiger charge is 2.48. The van der Waals surface area contributed by atoms with Crippen molar-refractivity contribution >= 4 is 18.0 Å². The molecule has 0 amide bonds. The van der Waals surface area contributed by atoms with Crippen molar-refractivity contribution in [3.8, 4) is 0 Å². The molecule has 2 saturated heterocycles. The van der Waals surface area contributed by atoms with Gasteiger partial charge in [0.05, 0.1) is 49.6 Å². The van der Waals surface area contributed by atoms with Crippen molar-refractivity contribution in [2.24, 2.45) is 23.7 Å². The summed E-state index contributed by atoms with van der Waals surface area (Å²) in [6, 6.07) is -0.746. The second-order valence-electron chi connectivity index (χ2n) is 15.1. The number of cyclic esters (lactones) is 1. The van der Waals surface area contributed by atoms with Gasteiger partial charge >= 0.3 is 5.97 Å². The molecular weight excluding hydrogens is 694 g/mol. The minimum Gasteiger partial charge on any atom is -0.462 e. The number of hydrogen-bond acceptors (Lipinski definition) is 15. The fourth-order valence-electron chi connectivity index (χ4n) is 7.51. The number of carbonyl (C=O) groups is 3. The zero-order valence-corrected chi connectivity index (χ0v) is 32.5. The van der Waals surface area contributed by atoms with Gasteiger partial charge in [0, 0.05) is 31.3 Å². The van der Waals surface area contributed by atoms with Gasteiger partial charge in [0.2, 0.25) is 0 Å². The molecule has 0 aliphatic carbocycles. The van der Waals surface area contributed by atoms with Crippen molar-refractivity contribution in [3.05, 3.63) is 23.8 Å². The molecule has 0 saturated carbocycles. The molecule has 0 aromatic carbocycles. The van der Waals surface area contributed by atoms with Crippen LogP contribution in [-0.4, -0.2) is 156 Å². The second-order valence-corrected chi connectivity index (χ2v) is 15.1. The van der Waals surface area contributed by atoms with Crippen LogP contribution >= 0.6 is 0 Å². The van der Waals surface area contributed by atoms with Crippen LogP contribution in [0.1, 0.15) is 67.2 Å². The fraction of sp³-hybridized carbons (Fsp3) is 0.816. The number of allylic oxidation sites excluding steroid dienone is 3. The molecule has 0 aromatic heterocycles. The molecular formula is C38H63NO14. The lowest BCUT2D eigenvalue weighted by molar-refractivity contribution is -0.304. The summed E-state index contributed by atoms with van der Waals surface area (Å²) in [6.45, 7) is 10.2. The third-order valence-electron chi connectivity index (χ3n) is 10.9. The standard InChI is InChI=1S/C38H63NO14/c1-10-28-25(18-49-38-36(48-9)34(47)32(45)23(6)51-38)15-19(2)11-12-26(41)20(3)16-24(13-14-40)35(21(4)27(42)17-29(43)52-28)53-37-33(46)30(39(7)8)31(44)22(5)50-37/h11-12,14-15,20-25,27-28,30-38,42,44-47H,10,13,16-18H2,1-9H3/b12-11+,19-15+/t20-,21+,22+,23-,24+,25+,27+,28+,30+,31-,32+,33-,34+,35+,36-,37+,38-/m0/s1. The summed E-state index contributed by atoms with van der Waals surface area (Å²) < 4.78 is 35.6. The Labute approximate surface area is 313 Å². The average Bonchev–Trinajstić information content (AvgIpc) is 3.10. The first-order chi connectivity index (χ1) is 24.9. The van der Waals surface area contributed by atoms with Crippen molar-refractivity contribution < 1.29 is 68.3 Å². The van der Waals surface area contributed by atoms with E-state index >= 15 is 0 Å². The van der Waals surface area contributed by atoms with E-state index in [4.69, 9.17) is 28.4 Å². The van der Waals surface area contributed by atoms with E-state index in [9.17, 15) is 39.9 Å². The predicted molar refractivity (Wildman–Crippen MR) is 191 cm³/mol. The zero-order chi connectivity index (χ0) is 39.7. The summed E-state index contributed by atoms with van der Waals surface area (Å²) in [7, 11) is 4.78. The van der Waals surface area contributed by atoms with Crippen LogP contribution in [0, 0.1) is 23.7 Å². The third kappa shape index (κ3) is 11.7. The highest BCUT2D eigenvalue weighted by molar-refractivity contribution is 5.91. The Morgan fingerprint density at radius 2 is 1.55 bits per heavy atom. The summed E-state index contributed by atoms with van der Waals surface area (Å²) in [6.07, 6.45) is -6.88. The average molecular weight is 758 g/mol. The van der Waals surface area contributed by atoms with Crippen LogP contribution in [0.5, 0.6) is 0 Å². The summed E-state index contributed by atoms with van der Waals surface area (Å²) >= 11 is 0. The molecule has 3 aliphatic rings. The van der Waals surface area contributed by atoms with E-state index in [1.807, 2.05) is 13.0 Å². The van der Waals surface area contributed by atoms with Crippen molar-refractivity contribution in [1.82, 2.24) is 4.90 Å². The van der Waals surface area contributed by atoms with Crippen LogP contribution in [0.15, 0.2) is 23.8 Å². The predicted octanol–water partition coefficient (Wildman–Crippen LogP) is 0.908. The SMILES string of the molecule is CC[C@H]1OC(=O)C[C@@H](O)[C@@H](C)[C@@H](O[C@H]2O[C@H](C)[C@H](O)[C@@H](N(C)C)[C@@H]2O)[C@H](CC=O)C[C@H](C)C(=O)/C=C/C(C)=C/[C@@H]1CO[C@H]1O[C@@H](C)[C@@H](O)[C@@H](O)[C@@H]1OC. The number of ketones is 1. The number of hydrogen-bond donors (Lipinski definition) is 5. The van der Waals surface area contributed by atoms with Crippen molar-refractivity contribution in [2.45, 2.75) is 147 Å². The van der Waals surface area contributed by atoms with Gasteiger partial charge in [0.25, 0.3) is 0 Å². The maximum atomic E-state index is 13.5. The molecule has 15 heteroatoms. The van der Waals surface area contributed by atoms with Gasteiger partial charge in [0.1, 0.15) is 36.8 Å². The molecule has 3 aliphatic heterocycles. The summed E-state index contributed by atoms with van der Waals surface area (Å²) in [4.78, 5) is 40.6. The van der Waals surface area contributed by atoms with Crippen molar-refractivity contribution in [3.63, 3.8) is 0 Å². The van der Waals surface area contributed by atoms with Gasteiger partial charge in [-0.25, -0.2) is 0 Å². The first kappa shape index (κ1) is 45.2. The van der Waals surface area contributed by atoms with E-state index < -0.39 is 116 Å². The number of aliphatic hydroxyl groups excluding tert-OH is 5. The highest BCUT2D eigenvalue weighted by Crippen LogP contribution is 2.34. The number of methoxy groups -OCH3 is 1. The van der Waals surface area contributed by atoms with Crippen LogP contribution in [0.2, 0.25) is 0 Å².